The van der Waals surface area contributed by atoms with Crippen molar-refractivity contribution in [3.63, 3.8) is 0 Å². The van der Waals surface area contributed by atoms with Crippen molar-refractivity contribution in [1.29, 1.82) is 0 Å². The first-order valence-corrected chi connectivity index (χ1v) is 7.04. The van der Waals surface area contributed by atoms with Crippen LogP contribution in [0.4, 0.5) is 0 Å². The van der Waals surface area contributed by atoms with E-state index in [1.54, 1.807) is 0 Å². The van der Waals surface area contributed by atoms with Crippen molar-refractivity contribution >= 4 is 10.0 Å². The van der Waals surface area contributed by atoms with Gasteiger partial charge in [-0.05, 0) is 12.8 Å². The summed E-state index contributed by atoms with van der Waals surface area (Å²) in [7, 11) is -3.52. The lowest BCUT2D eigenvalue weighted by Gasteiger charge is -2.42. The lowest BCUT2D eigenvalue weighted by Crippen LogP contribution is -2.54. The Morgan fingerprint density at radius 3 is 2.69 bits per heavy atom. The molecule has 2 aliphatic heterocycles. The minimum atomic E-state index is -3.52. The molecule has 2 rings (SSSR count). The fourth-order valence-corrected chi connectivity index (χ4v) is 2.86. The van der Waals surface area contributed by atoms with Crippen molar-refractivity contribution in [3.05, 3.63) is 0 Å². The third-order valence-electron chi connectivity index (χ3n) is 2.79. The minimum absolute atomic E-state index is 0.200. The highest BCUT2D eigenvalue weighted by Gasteiger charge is 2.40. The molecule has 16 heavy (non-hydrogen) atoms. The summed E-state index contributed by atoms with van der Waals surface area (Å²) in [5.74, 6) is -0.200. The van der Waals surface area contributed by atoms with Gasteiger partial charge >= 0.3 is 0 Å². The van der Waals surface area contributed by atoms with Gasteiger partial charge in [0, 0.05) is 6.61 Å². The molecule has 2 aliphatic rings. The van der Waals surface area contributed by atoms with E-state index in [2.05, 4.69) is 0 Å². The molecular formula is C9H17NO5S. The molecule has 2 saturated heterocycles. The van der Waals surface area contributed by atoms with Gasteiger partial charge in [0.2, 0.25) is 10.0 Å². The van der Waals surface area contributed by atoms with Gasteiger partial charge in [-0.2, -0.15) is 0 Å². The molecule has 0 amide bonds. The molecule has 0 aromatic heterocycles. The molecule has 0 saturated carbocycles. The highest BCUT2D eigenvalue weighted by Crippen LogP contribution is 2.28. The predicted octanol–water partition coefficient (Wildman–Crippen LogP) is -0.760. The van der Waals surface area contributed by atoms with Gasteiger partial charge < -0.3 is 14.2 Å². The number of hydrogen-bond donors (Lipinski definition) is 1. The van der Waals surface area contributed by atoms with Crippen molar-refractivity contribution in [1.82, 2.24) is 0 Å². The molecule has 0 aromatic carbocycles. The van der Waals surface area contributed by atoms with E-state index < -0.39 is 21.7 Å². The molecule has 2 heterocycles. The van der Waals surface area contributed by atoms with Crippen molar-refractivity contribution in [2.24, 2.45) is 5.14 Å². The minimum Gasteiger partial charge on any atom is -0.378 e. The SMILES string of the molecule is NS(=O)(=O)CC1COCC2(CCCOC2)O1. The maximum Gasteiger partial charge on any atom is 0.211 e. The van der Waals surface area contributed by atoms with E-state index in [9.17, 15) is 8.42 Å². The first-order chi connectivity index (χ1) is 7.49. The van der Waals surface area contributed by atoms with Crippen LogP contribution in [0.2, 0.25) is 0 Å². The average Bonchev–Trinajstić information content (AvgIpc) is 2.16. The van der Waals surface area contributed by atoms with E-state index >= 15 is 0 Å². The Bertz CT molecular complexity index is 330. The predicted molar refractivity (Wildman–Crippen MR) is 56.5 cm³/mol. The van der Waals surface area contributed by atoms with E-state index in [4.69, 9.17) is 19.3 Å². The Hall–Kier alpha value is -0.210. The summed E-state index contributed by atoms with van der Waals surface area (Å²) in [4.78, 5) is 0. The second-order valence-corrected chi connectivity index (χ2v) is 6.08. The van der Waals surface area contributed by atoms with Crippen LogP contribution in [0, 0.1) is 0 Å². The van der Waals surface area contributed by atoms with Gasteiger partial charge in [-0.25, -0.2) is 13.6 Å². The Kier molecular flexibility index (Phi) is 3.50. The molecule has 7 heteroatoms. The summed E-state index contributed by atoms with van der Waals surface area (Å²) in [5.41, 5.74) is -0.466. The van der Waals surface area contributed by atoms with Gasteiger partial charge in [-0.3, -0.25) is 0 Å². The fraction of sp³-hybridized carbons (Fsp3) is 1.00. The van der Waals surface area contributed by atoms with Crippen molar-refractivity contribution < 1.29 is 22.6 Å². The van der Waals surface area contributed by atoms with Crippen LogP contribution in [0.15, 0.2) is 0 Å². The van der Waals surface area contributed by atoms with Crippen molar-refractivity contribution in [2.45, 2.75) is 24.5 Å². The van der Waals surface area contributed by atoms with E-state index in [0.29, 0.717) is 13.2 Å². The normalized spacial score (nSPS) is 36.4. The number of sulfonamides is 1. The number of nitrogens with two attached hydrogens (primary N) is 1. The summed E-state index contributed by atoms with van der Waals surface area (Å²) in [5, 5.41) is 4.99. The summed E-state index contributed by atoms with van der Waals surface area (Å²) < 4.78 is 38.5. The Morgan fingerprint density at radius 2 is 2.06 bits per heavy atom. The van der Waals surface area contributed by atoms with Gasteiger partial charge in [0.15, 0.2) is 0 Å². The van der Waals surface area contributed by atoms with Gasteiger partial charge in [0.25, 0.3) is 0 Å². The van der Waals surface area contributed by atoms with Gasteiger partial charge in [-0.15, -0.1) is 0 Å². The van der Waals surface area contributed by atoms with Crippen LogP contribution >= 0.6 is 0 Å². The molecule has 2 N–H and O–H groups in total. The molecule has 6 nitrogen and oxygen atoms in total. The van der Waals surface area contributed by atoms with E-state index in [1.165, 1.54) is 0 Å². The maximum absolute atomic E-state index is 11.0. The van der Waals surface area contributed by atoms with Crippen molar-refractivity contribution in [2.75, 3.05) is 32.2 Å². The number of primary sulfonamides is 1. The Balaban J connectivity index is 1.98. The topological polar surface area (TPSA) is 87.9 Å². The summed E-state index contributed by atoms with van der Waals surface area (Å²) in [6.07, 6.45) is 1.27. The van der Waals surface area contributed by atoms with Crippen LogP contribution in [0.3, 0.4) is 0 Å². The molecule has 2 unspecified atom stereocenters. The highest BCUT2D eigenvalue weighted by atomic mass is 32.2. The van der Waals surface area contributed by atoms with Crippen LogP contribution < -0.4 is 5.14 Å². The van der Waals surface area contributed by atoms with Crippen molar-refractivity contribution in [3.8, 4) is 0 Å². The zero-order valence-electron chi connectivity index (χ0n) is 9.05. The summed E-state index contributed by atoms with van der Waals surface area (Å²) >= 11 is 0. The average molecular weight is 251 g/mol. The lowest BCUT2D eigenvalue weighted by molar-refractivity contribution is -0.228. The monoisotopic (exact) mass is 251 g/mol. The van der Waals surface area contributed by atoms with Gasteiger partial charge in [-0.1, -0.05) is 0 Å². The third-order valence-corrected chi connectivity index (χ3v) is 3.63. The fourth-order valence-electron chi connectivity index (χ4n) is 2.17. The molecule has 0 radical (unpaired) electrons. The number of hydrogen-bond acceptors (Lipinski definition) is 5. The molecule has 0 aliphatic carbocycles. The first kappa shape index (κ1) is 12.3. The van der Waals surface area contributed by atoms with Gasteiger partial charge in [0.1, 0.15) is 5.60 Å². The second kappa shape index (κ2) is 4.58. The molecule has 2 fully saturated rings. The maximum atomic E-state index is 11.0. The van der Waals surface area contributed by atoms with Crippen LogP contribution in [0.5, 0.6) is 0 Å². The zero-order valence-corrected chi connectivity index (χ0v) is 9.87. The molecule has 0 aromatic rings. The number of ether oxygens (including phenoxy) is 3. The highest BCUT2D eigenvalue weighted by molar-refractivity contribution is 7.89. The largest absolute Gasteiger partial charge is 0.378 e. The molecular weight excluding hydrogens is 234 g/mol. The Morgan fingerprint density at radius 1 is 1.31 bits per heavy atom. The standard InChI is InChI=1S/C9H17NO5S/c10-16(11,12)5-8-4-14-7-9(15-8)2-1-3-13-6-9/h8H,1-7H2,(H2,10,11,12). The smallest absolute Gasteiger partial charge is 0.211 e. The number of rotatable bonds is 2. The second-order valence-electron chi connectivity index (χ2n) is 4.42. The summed E-state index contributed by atoms with van der Waals surface area (Å²) in [6.45, 7) is 1.94. The quantitative estimate of drug-likeness (QED) is 0.697. The first-order valence-electron chi connectivity index (χ1n) is 5.33. The van der Waals surface area contributed by atoms with E-state index in [0.717, 1.165) is 19.4 Å². The summed E-state index contributed by atoms with van der Waals surface area (Å²) in [6, 6.07) is 0. The van der Waals surface area contributed by atoms with Gasteiger partial charge in [0.05, 0.1) is 31.7 Å². The zero-order chi connectivity index (χ0) is 11.6. The molecule has 0 bridgehead atoms. The van der Waals surface area contributed by atoms with E-state index in [-0.39, 0.29) is 12.4 Å². The lowest BCUT2D eigenvalue weighted by atomic mass is 9.96. The molecule has 1 spiro atoms. The van der Waals surface area contributed by atoms with E-state index in [1.807, 2.05) is 0 Å². The van der Waals surface area contributed by atoms with Crippen LogP contribution in [-0.4, -0.2) is 52.3 Å². The van der Waals surface area contributed by atoms with Crippen LogP contribution in [0.25, 0.3) is 0 Å². The van der Waals surface area contributed by atoms with Crippen LogP contribution in [0.1, 0.15) is 12.8 Å². The van der Waals surface area contributed by atoms with Crippen LogP contribution in [-0.2, 0) is 24.2 Å². The molecule has 2 atom stereocenters. The Labute approximate surface area is 95.1 Å². The third kappa shape index (κ3) is 3.14. The molecule has 94 valence electrons.